The molecule has 6 nitrogen and oxygen atoms in total. The number of fused-ring (bicyclic) bond motifs is 2. The first kappa shape index (κ1) is 19.2. The lowest BCUT2D eigenvalue weighted by Crippen LogP contribution is -2.39. The molecule has 0 amide bonds. The number of rotatable bonds is 3. The number of hydrogen-bond acceptors (Lipinski definition) is 5. The van der Waals surface area contributed by atoms with Crippen molar-refractivity contribution in [2.75, 3.05) is 20.2 Å². The Kier molecular flexibility index (Phi) is 5.91. The van der Waals surface area contributed by atoms with Crippen LogP contribution in [-0.2, 0) is 14.8 Å². The van der Waals surface area contributed by atoms with Crippen molar-refractivity contribution in [3.05, 3.63) is 29.3 Å². The number of carbonyl (C=O) groups excluding carboxylic acids is 1. The van der Waals surface area contributed by atoms with E-state index in [4.69, 9.17) is 4.74 Å². The van der Waals surface area contributed by atoms with Crippen molar-refractivity contribution in [2.45, 2.75) is 43.2 Å². The molecule has 2 heterocycles. The van der Waals surface area contributed by atoms with E-state index >= 15 is 0 Å². The number of esters is 1. The first-order chi connectivity index (χ1) is 10.9. The van der Waals surface area contributed by atoms with E-state index in [1.165, 1.54) is 17.5 Å². The molecule has 2 fully saturated rings. The lowest BCUT2D eigenvalue weighted by Gasteiger charge is -2.24. The van der Waals surface area contributed by atoms with Crippen LogP contribution in [0.15, 0.2) is 23.1 Å². The highest BCUT2D eigenvalue weighted by atomic mass is 35.5. The van der Waals surface area contributed by atoms with Gasteiger partial charge in [0.15, 0.2) is 0 Å². The summed E-state index contributed by atoms with van der Waals surface area (Å²) in [6.07, 6.45) is 2.96. The van der Waals surface area contributed by atoms with Crippen LogP contribution in [0.4, 0.5) is 0 Å². The third-order valence-electron chi connectivity index (χ3n) is 4.74. The zero-order chi connectivity index (χ0) is 16.6. The van der Waals surface area contributed by atoms with E-state index in [-0.39, 0.29) is 23.3 Å². The smallest absolute Gasteiger partial charge is 0.338 e. The highest BCUT2D eigenvalue weighted by Gasteiger charge is 2.35. The van der Waals surface area contributed by atoms with Crippen LogP contribution in [0.5, 0.6) is 0 Å². The Labute approximate surface area is 149 Å². The molecule has 2 atom stereocenters. The highest BCUT2D eigenvalue weighted by molar-refractivity contribution is 7.89. The van der Waals surface area contributed by atoms with Gasteiger partial charge < -0.3 is 10.1 Å². The molecule has 3 rings (SSSR count). The molecule has 24 heavy (non-hydrogen) atoms. The molecule has 134 valence electrons. The largest absolute Gasteiger partial charge is 0.465 e. The van der Waals surface area contributed by atoms with Crippen LogP contribution in [0.1, 0.15) is 35.2 Å². The molecule has 2 bridgehead atoms. The van der Waals surface area contributed by atoms with Crippen LogP contribution in [0.3, 0.4) is 0 Å². The van der Waals surface area contributed by atoms with E-state index in [0.29, 0.717) is 30.3 Å². The topological polar surface area (TPSA) is 75.7 Å². The number of aryl methyl sites for hydroxylation is 1. The maximum atomic E-state index is 12.9. The summed E-state index contributed by atoms with van der Waals surface area (Å²) in [6, 6.07) is 5.29. The van der Waals surface area contributed by atoms with Gasteiger partial charge in [0.05, 0.1) is 17.6 Å². The molecule has 0 radical (unpaired) electrons. The Morgan fingerprint density at radius 3 is 2.67 bits per heavy atom. The van der Waals surface area contributed by atoms with Gasteiger partial charge in [-0.1, -0.05) is 6.07 Å². The fourth-order valence-corrected chi connectivity index (χ4v) is 4.90. The number of nitrogens with one attached hydrogen (secondary N) is 1. The zero-order valence-electron chi connectivity index (χ0n) is 13.8. The summed E-state index contributed by atoms with van der Waals surface area (Å²) >= 11 is 0. The Hall–Kier alpha value is -1.15. The van der Waals surface area contributed by atoms with Crippen LogP contribution in [-0.4, -0.2) is 51.0 Å². The molecule has 0 aromatic heterocycles. The summed E-state index contributed by atoms with van der Waals surface area (Å²) in [4.78, 5) is 12.0. The molecule has 2 aliphatic heterocycles. The molecule has 2 aliphatic rings. The molecule has 1 aromatic carbocycles. The van der Waals surface area contributed by atoms with Gasteiger partial charge in [-0.2, -0.15) is 4.31 Å². The molecule has 1 aromatic rings. The van der Waals surface area contributed by atoms with Crippen LogP contribution in [0.25, 0.3) is 0 Å². The first-order valence-corrected chi connectivity index (χ1v) is 9.31. The summed E-state index contributed by atoms with van der Waals surface area (Å²) in [5.74, 6) is -0.517. The summed E-state index contributed by atoms with van der Waals surface area (Å²) in [6.45, 7) is 2.76. The van der Waals surface area contributed by atoms with E-state index in [9.17, 15) is 13.2 Å². The fraction of sp³-hybridized carbons (Fsp3) is 0.562. The summed E-state index contributed by atoms with van der Waals surface area (Å²) in [5, 5.41) is 3.47. The van der Waals surface area contributed by atoms with Crippen molar-refractivity contribution in [1.82, 2.24) is 9.62 Å². The van der Waals surface area contributed by atoms with Crippen LogP contribution >= 0.6 is 12.4 Å². The minimum Gasteiger partial charge on any atom is -0.465 e. The Balaban J connectivity index is 0.00000208. The van der Waals surface area contributed by atoms with Crippen molar-refractivity contribution in [3.8, 4) is 0 Å². The summed E-state index contributed by atoms with van der Waals surface area (Å²) in [5.41, 5.74) is 0.996. The molecule has 0 saturated carbocycles. The zero-order valence-corrected chi connectivity index (χ0v) is 15.5. The second kappa shape index (κ2) is 7.39. The predicted octanol–water partition coefficient (Wildman–Crippen LogP) is 1.72. The molecule has 2 unspecified atom stereocenters. The number of nitrogens with zero attached hydrogens (tertiary/aromatic N) is 1. The molecular weight excluding hydrogens is 352 g/mol. The van der Waals surface area contributed by atoms with Crippen molar-refractivity contribution >= 4 is 28.4 Å². The first-order valence-electron chi connectivity index (χ1n) is 7.87. The van der Waals surface area contributed by atoms with Gasteiger partial charge in [-0.05, 0) is 43.9 Å². The second-order valence-corrected chi connectivity index (χ2v) is 8.20. The van der Waals surface area contributed by atoms with E-state index < -0.39 is 16.0 Å². The molecular formula is C16H23ClN2O4S. The number of methoxy groups -OCH3 is 1. The third kappa shape index (κ3) is 3.59. The number of sulfonamides is 1. The van der Waals surface area contributed by atoms with Gasteiger partial charge in [0, 0.05) is 25.2 Å². The number of carbonyl (C=O) groups is 1. The quantitative estimate of drug-likeness (QED) is 0.815. The van der Waals surface area contributed by atoms with Gasteiger partial charge in [0.25, 0.3) is 0 Å². The maximum Gasteiger partial charge on any atom is 0.338 e. The molecule has 1 N–H and O–H groups in total. The summed E-state index contributed by atoms with van der Waals surface area (Å²) < 4.78 is 32.1. The van der Waals surface area contributed by atoms with Gasteiger partial charge in [-0.3, -0.25) is 0 Å². The number of ether oxygens (including phenoxy) is 1. The van der Waals surface area contributed by atoms with Crippen molar-refractivity contribution in [3.63, 3.8) is 0 Å². The van der Waals surface area contributed by atoms with Crippen LogP contribution in [0, 0.1) is 6.92 Å². The normalized spacial score (nSPS) is 24.1. The van der Waals surface area contributed by atoms with Gasteiger partial charge in [0.2, 0.25) is 10.0 Å². The van der Waals surface area contributed by atoms with Gasteiger partial charge in [0.1, 0.15) is 0 Å². The average Bonchev–Trinajstić information content (AvgIpc) is 2.85. The number of benzene rings is 1. The van der Waals surface area contributed by atoms with Crippen molar-refractivity contribution in [1.29, 1.82) is 0 Å². The second-order valence-electron chi connectivity index (χ2n) is 6.26. The van der Waals surface area contributed by atoms with E-state index in [2.05, 4.69) is 5.32 Å². The van der Waals surface area contributed by atoms with Crippen molar-refractivity contribution in [2.24, 2.45) is 0 Å². The van der Waals surface area contributed by atoms with E-state index in [1.54, 1.807) is 19.1 Å². The molecule has 0 aliphatic carbocycles. The van der Waals surface area contributed by atoms with E-state index in [1.807, 2.05) is 0 Å². The Morgan fingerprint density at radius 2 is 1.96 bits per heavy atom. The Morgan fingerprint density at radius 1 is 1.25 bits per heavy atom. The lowest BCUT2D eigenvalue weighted by atomic mass is 10.1. The predicted molar refractivity (Wildman–Crippen MR) is 93.1 cm³/mol. The fourth-order valence-electron chi connectivity index (χ4n) is 3.37. The Bertz CT molecular complexity index is 723. The highest BCUT2D eigenvalue weighted by Crippen LogP contribution is 2.26. The third-order valence-corrected chi connectivity index (χ3v) is 6.60. The van der Waals surface area contributed by atoms with Crippen molar-refractivity contribution < 1.29 is 17.9 Å². The maximum absolute atomic E-state index is 12.9. The molecule has 0 spiro atoms. The van der Waals surface area contributed by atoms with Gasteiger partial charge in [-0.15, -0.1) is 12.4 Å². The standard InChI is InChI=1S/C16H22N2O4S.ClH/c1-11-3-6-14(9-15(11)16(19)22-2)23(20,21)18-8-7-12-4-5-13(10-18)17-12;/h3,6,9,12-13,17H,4-5,7-8,10H2,1-2H3;1H. The monoisotopic (exact) mass is 374 g/mol. The van der Waals surface area contributed by atoms with Crippen LogP contribution < -0.4 is 5.32 Å². The van der Waals surface area contributed by atoms with Gasteiger partial charge >= 0.3 is 5.97 Å². The van der Waals surface area contributed by atoms with Crippen LogP contribution in [0.2, 0.25) is 0 Å². The van der Waals surface area contributed by atoms with Gasteiger partial charge in [-0.25, -0.2) is 13.2 Å². The molecule has 8 heteroatoms. The number of halogens is 1. The average molecular weight is 375 g/mol. The lowest BCUT2D eigenvalue weighted by molar-refractivity contribution is 0.0599. The van der Waals surface area contributed by atoms with E-state index in [0.717, 1.165) is 19.3 Å². The minimum absolute atomic E-state index is 0. The summed E-state index contributed by atoms with van der Waals surface area (Å²) in [7, 11) is -2.31. The molecule has 2 saturated heterocycles. The SMILES string of the molecule is COC(=O)c1cc(S(=O)(=O)N2CCC3CCC(C2)N3)ccc1C.Cl. The number of hydrogen-bond donors (Lipinski definition) is 1. The minimum atomic E-state index is -3.60.